The largest absolute Gasteiger partial charge is 0.390 e. The van der Waals surface area contributed by atoms with Crippen LogP contribution in [0.1, 0.15) is 11.4 Å². The molecular weight excluding hydrogens is 214 g/mol. The zero-order valence-corrected chi connectivity index (χ0v) is 8.17. The minimum atomic E-state index is -0.565. The molecule has 0 spiro atoms. The van der Waals surface area contributed by atoms with Gasteiger partial charge in [-0.3, -0.25) is 9.78 Å². The van der Waals surface area contributed by atoms with Crippen molar-refractivity contribution in [2.75, 3.05) is 0 Å². The van der Waals surface area contributed by atoms with Gasteiger partial charge in [0.2, 0.25) is 0 Å². The Balaban J connectivity index is 2.26. The van der Waals surface area contributed by atoms with E-state index < -0.39 is 11.2 Å². The molecular formula is C8H9N5O3. The highest BCUT2D eigenvalue weighted by Crippen LogP contribution is 1.95. The van der Waals surface area contributed by atoms with E-state index in [2.05, 4.69) is 20.3 Å². The van der Waals surface area contributed by atoms with Crippen LogP contribution in [0.4, 0.5) is 0 Å². The maximum atomic E-state index is 11.0. The van der Waals surface area contributed by atoms with E-state index in [1.54, 1.807) is 0 Å². The topological polar surface area (TPSA) is 117 Å². The van der Waals surface area contributed by atoms with Crippen LogP contribution in [0.15, 0.2) is 21.9 Å². The van der Waals surface area contributed by atoms with Crippen molar-refractivity contribution in [2.24, 2.45) is 0 Å². The normalized spacial score (nSPS) is 10.6. The summed E-state index contributed by atoms with van der Waals surface area (Å²) in [6.07, 6.45) is 1.53. The van der Waals surface area contributed by atoms with Crippen LogP contribution in [-0.4, -0.2) is 30.1 Å². The second-order valence-corrected chi connectivity index (χ2v) is 3.18. The van der Waals surface area contributed by atoms with E-state index in [1.165, 1.54) is 16.9 Å². The van der Waals surface area contributed by atoms with Crippen molar-refractivity contribution in [2.45, 2.75) is 13.2 Å². The molecule has 0 aliphatic heterocycles. The van der Waals surface area contributed by atoms with Gasteiger partial charge in [0.25, 0.3) is 5.56 Å². The highest BCUT2D eigenvalue weighted by atomic mass is 16.3. The Bertz CT molecular complexity index is 568. The molecule has 8 heteroatoms. The number of aromatic nitrogens is 5. The summed E-state index contributed by atoms with van der Waals surface area (Å²) >= 11 is 0. The van der Waals surface area contributed by atoms with E-state index in [-0.39, 0.29) is 13.2 Å². The second-order valence-electron chi connectivity index (χ2n) is 3.18. The minimum absolute atomic E-state index is 0.202. The van der Waals surface area contributed by atoms with Gasteiger partial charge < -0.3 is 10.1 Å². The molecule has 0 aliphatic rings. The maximum Gasteiger partial charge on any atom is 0.325 e. The first-order valence-corrected chi connectivity index (χ1v) is 4.50. The Hall–Kier alpha value is -2.22. The molecule has 2 heterocycles. The van der Waals surface area contributed by atoms with Gasteiger partial charge in [0.05, 0.1) is 19.3 Å². The summed E-state index contributed by atoms with van der Waals surface area (Å²) in [5, 5.41) is 16.2. The summed E-state index contributed by atoms with van der Waals surface area (Å²) in [5.74, 6) is 0. The first kappa shape index (κ1) is 10.3. The predicted octanol–water partition coefficient (Wildman–Crippen LogP) is -1.80. The first-order valence-electron chi connectivity index (χ1n) is 4.50. The van der Waals surface area contributed by atoms with Crippen LogP contribution in [0, 0.1) is 0 Å². The number of nitrogens with zero attached hydrogens (tertiary/aromatic N) is 3. The molecule has 2 aromatic rings. The highest BCUT2D eigenvalue weighted by Gasteiger charge is 2.01. The van der Waals surface area contributed by atoms with E-state index in [0.717, 1.165) is 0 Å². The van der Waals surface area contributed by atoms with Gasteiger partial charge in [-0.2, -0.15) is 0 Å². The van der Waals surface area contributed by atoms with Crippen molar-refractivity contribution in [3.05, 3.63) is 44.5 Å². The third-order valence-electron chi connectivity index (χ3n) is 1.90. The lowest BCUT2D eigenvalue weighted by molar-refractivity contribution is 0.276. The summed E-state index contributed by atoms with van der Waals surface area (Å²) in [6, 6.07) is 1.27. The molecule has 0 radical (unpaired) electrons. The molecule has 0 unspecified atom stereocenters. The monoisotopic (exact) mass is 223 g/mol. The van der Waals surface area contributed by atoms with Gasteiger partial charge >= 0.3 is 5.69 Å². The Morgan fingerprint density at radius 2 is 2.19 bits per heavy atom. The molecule has 84 valence electrons. The van der Waals surface area contributed by atoms with Gasteiger partial charge in [0, 0.05) is 11.8 Å². The molecule has 8 nitrogen and oxygen atoms in total. The van der Waals surface area contributed by atoms with Crippen molar-refractivity contribution in [3.8, 4) is 0 Å². The van der Waals surface area contributed by atoms with Gasteiger partial charge in [-0.05, 0) is 0 Å². The second kappa shape index (κ2) is 4.11. The SMILES string of the molecule is O=c1cc(Cn2cc(CO)nn2)[nH]c(=O)[nH]1. The van der Waals surface area contributed by atoms with Crippen LogP contribution < -0.4 is 11.2 Å². The van der Waals surface area contributed by atoms with Crippen LogP contribution in [0.5, 0.6) is 0 Å². The Kier molecular flexibility index (Phi) is 2.64. The van der Waals surface area contributed by atoms with Gasteiger partial charge in [0.15, 0.2) is 0 Å². The Labute approximate surface area is 88.6 Å². The smallest absolute Gasteiger partial charge is 0.325 e. The number of aliphatic hydroxyl groups excluding tert-OH is 1. The lowest BCUT2D eigenvalue weighted by atomic mass is 10.4. The van der Waals surface area contributed by atoms with E-state index in [4.69, 9.17) is 5.11 Å². The number of hydrogen-bond donors (Lipinski definition) is 3. The molecule has 0 aromatic carbocycles. The van der Waals surface area contributed by atoms with Gasteiger partial charge in [-0.15, -0.1) is 5.10 Å². The third-order valence-corrected chi connectivity index (χ3v) is 1.90. The summed E-state index contributed by atoms with van der Waals surface area (Å²) in [7, 11) is 0. The van der Waals surface area contributed by atoms with E-state index in [9.17, 15) is 9.59 Å². The van der Waals surface area contributed by atoms with Gasteiger partial charge in [0.1, 0.15) is 5.69 Å². The number of aromatic amines is 2. The fourth-order valence-corrected chi connectivity index (χ4v) is 1.27. The number of nitrogens with one attached hydrogen (secondary N) is 2. The Morgan fingerprint density at radius 1 is 1.38 bits per heavy atom. The Morgan fingerprint density at radius 3 is 2.81 bits per heavy atom. The van der Waals surface area contributed by atoms with E-state index in [0.29, 0.717) is 11.4 Å². The summed E-state index contributed by atoms with van der Waals surface area (Å²) in [6.45, 7) is 0.0120. The highest BCUT2D eigenvalue weighted by molar-refractivity contribution is 5.00. The van der Waals surface area contributed by atoms with Crippen LogP contribution >= 0.6 is 0 Å². The zero-order valence-electron chi connectivity index (χ0n) is 8.17. The molecule has 3 N–H and O–H groups in total. The fraction of sp³-hybridized carbons (Fsp3) is 0.250. The number of aliphatic hydroxyl groups is 1. The predicted molar refractivity (Wildman–Crippen MR) is 52.7 cm³/mol. The summed E-state index contributed by atoms with van der Waals surface area (Å²) in [4.78, 5) is 26.5. The molecule has 0 amide bonds. The van der Waals surface area contributed by atoms with Crippen molar-refractivity contribution in [3.63, 3.8) is 0 Å². The van der Waals surface area contributed by atoms with Crippen LogP contribution in [0.25, 0.3) is 0 Å². The van der Waals surface area contributed by atoms with Crippen LogP contribution in [-0.2, 0) is 13.2 Å². The van der Waals surface area contributed by atoms with Gasteiger partial charge in [-0.1, -0.05) is 5.21 Å². The van der Waals surface area contributed by atoms with E-state index >= 15 is 0 Å². The molecule has 0 bridgehead atoms. The number of hydrogen-bond acceptors (Lipinski definition) is 5. The molecule has 0 fully saturated rings. The lowest BCUT2D eigenvalue weighted by Gasteiger charge is -1.98. The van der Waals surface area contributed by atoms with Gasteiger partial charge in [-0.25, -0.2) is 9.48 Å². The average Bonchev–Trinajstić information content (AvgIpc) is 2.64. The molecule has 0 saturated heterocycles. The van der Waals surface area contributed by atoms with Crippen molar-refractivity contribution < 1.29 is 5.11 Å². The number of rotatable bonds is 3. The zero-order chi connectivity index (χ0) is 11.5. The van der Waals surface area contributed by atoms with Crippen molar-refractivity contribution in [1.82, 2.24) is 25.0 Å². The van der Waals surface area contributed by atoms with Crippen molar-refractivity contribution >= 4 is 0 Å². The first-order chi connectivity index (χ1) is 7.67. The fourth-order valence-electron chi connectivity index (χ4n) is 1.27. The maximum absolute atomic E-state index is 11.0. The summed E-state index contributed by atoms with van der Waals surface area (Å²) in [5.41, 5.74) is -0.193. The quantitative estimate of drug-likeness (QED) is 0.567. The molecule has 16 heavy (non-hydrogen) atoms. The minimum Gasteiger partial charge on any atom is -0.390 e. The van der Waals surface area contributed by atoms with Crippen LogP contribution in [0.2, 0.25) is 0 Å². The molecule has 0 aliphatic carbocycles. The molecule has 0 atom stereocenters. The van der Waals surface area contributed by atoms with Crippen LogP contribution in [0.3, 0.4) is 0 Å². The molecule has 0 saturated carbocycles. The standard InChI is InChI=1S/C8H9N5O3/c14-4-6-3-13(12-11-6)2-5-1-7(15)10-8(16)9-5/h1,3,14H,2,4H2,(H2,9,10,15,16). The van der Waals surface area contributed by atoms with Crippen molar-refractivity contribution in [1.29, 1.82) is 0 Å². The lowest BCUT2D eigenvalue weighted by Crippen LogP contribution is -2.23. The molecule has 2 rings (SSSR count). The number of H-pyrrole nitrogens is 2. The average molecular weight is 223 g/mol. The summed E-state index contributed by atoms with van der Waals surface area (Å²) < 4.78 is 1.41. The molecule has 2 aromatic heterocycles. The van der Waals surface area contributed by atoms with E-state index in [1.807, 2.05) is 0 Å². The third kappa shape index (κ3) is 2.23.